The third-order valence-corrected chi connectivity index (χ3v) is 2.93. The van der Waals surface area contributed by atoms with Crippen molar-refractivity contribution in [1.82, 2.24) is 9.97 Å². The monoisotopic (exact) mass is 259 g/mol. The number of aromatic nitrogens is 2. The fraction of sp³-hybridized carbons (Fsp3) is 0.308. The van der Waals surface area contributed by atoms with Crippen molar-refractivity contribution in [1.29, 1.82) is 0 Å². The van der Waals surface area contributed by atoms with Gasteiger partial charge in [-0.3, -0.25) is 4.79 Å². The Morgan fingerprint density at radius 1 is 1.32 bits per heavy atom. The van der Waals surface area contributed by atoms with E-state index in [0.29, 0.717) is 11.5 Å². The average molecular weight is 259 g/mol. The summed E-state index contributed by atoms with van der Waals surface area (Å²) in [6.07, 6.45) is 1.43. The van der Waals surface area contributed by atoms with Crippen LogP contribution < -0.4 is 16.8 Å². The number of hydrogen-bond acceptors (Lipinski definition) is 5. The topological polar surface area (TPSA) is 107 Å². The van der Waals surface area contributed by atoms with Crippen molar-refractivity contribution in [2.45, 2.75) is 19.9 Å². The number of primary amides is 1. The summed E-state index contributed by atoms with van der Waals surface area (Å²) in [5.74, 6) is 0.246. The number of amides is 1. The molecule has 0 saturated heterocycles. The van der Waals surface area contributed by atoms with Gasteiger partial charge in [-0.2, -0.15) is 0 Å². The molecule has 0 aliphatic rings. The molecular weight excluding hydrogens is 242 g/mol. The van der Waals surface area contributed by atoms with E-state index in [9.17, 15) is 4.79 Å². The second-order valence-corrected chi connectivity index (χ2v) is 4.77. The lowest BCUT2D eigenvalue weighted by Gasteiger charge is -2.20. The number of nitrogen functional groups attached to an aromatic ring is 1. The molecule has 1 aromatic heterocycles. The Morgan fingerprint density at radius 3 is 2.68 bits per heavy atom. The van der Waals surface area contributed by atoms with Crippen LogP contribution >= 0.6 is 0 Å². The van der Waals surface area contributed by atoms with Crippen molar-refractivity contribution < 1.29 is 4.79 Å². The number of benzene rings is 1. The lowest BCUT2D eigenvalue weighted by atomic mass is 10.0. The van der Waals surface area contributed by atoms with E-state index in [-0.39, 0.29) is 5.92 Å². The zero-order valence-electron chi connectivity index (χ0n) is 10.9. The van der Waals surface area contributed by atoms with Crippen LogP contribution in [0.1, 0.15) is 13.8 Å². The third-order valence-electron chi connectivity index (χ3n) is 2.93. The number of fused-ring (bicyclic) bond motifs is 1. The number of carbonyl (C=O) groups is 1. The molecule has 0 spiro atoms. The first-order chi connectivity index (χ1) is 8.99. The molecule has 0 aliphatic carbocycles. The van der Waals surface area contributed by atoms with Crippen LogP contribution in [0, 0.1) is 5.92 Å². The van der Waals surface area contributed by atoms with E-state index in [1.807, 2.05) is 19.9 Å². The van der Waals surface area contributed by atoms with E-state index in [2.05, 4.69) is 15.3 Å². The molecule has 5 N–H and O–H groups in total. The van der Waals surface area contributed by atoms with E-state index >= 15 is 0 Å². The van der Waals surface area contributed by atoms with E-state index in [1.165, 1.54) is 6.33 Å². The van der Waals surface area contributed by atoms with Gasteiger partial charge in [0, 0.05) is 11.1 Å². The van der Waals surface area contributed by atoms with Crippen molar-refractivity contribution in [3.05, 3.63) is 24.5 Å². The minimum absolute atomic E-state index is 0.0660. The van der Waals surface area contributed by atoms with Crippen LogP contribution in [0.2, 0.25) is 0 Å². The maximum absolute atomic E-state index is 11.4. The Kier molecular flexibility index (Phi) is 3.50. The Labute approximate surface area is 111 Å². The van der Waals surface area contributed by atoms with Crippen LogP contribution in [-0.2, 0) is 4.79 Å². The van der Waals surface area contributed by atoms with Gasteiger partial charge in [0.15, 0.2) is 0 Å². The highest BCUT2D eigenvalue weighted by Gasteiger charge is 2.20. The van der Waals surface area contributed by atoms with E-state index in [4.69, 9.17) is 11.5 Å². The molecule has 2 aromatic rings. The van der Waals surface area contributed by atoms with Gasteiger partial charge < -0.3 is 16.8 Å². The standard InChI is InChI=1S/C13H17N5O/c1-7(2)11(12(15)19)18-13-9-4-3-8(14)5-10(9)16-6-17-13/h3-7,11H,14H2,1-2H3,(H2,15,19)(H,16,17,18). The number of anilines is 2. The van der Waals surface area contributed by atoms with Crippen molar-refractivity contribution in [2.24, 2.45) is 11.7 Å². The van der Waals surface area contributed by atoms with Gasteiger partial charge in [0.25, 0.3) is 0 Å². The van der Waals surface area contributed by atoms with Crippen molar-refractivity contribution in [3.63, 3.8) is 0 Å². The van der Waals surface area contributed by atoms with E-state index < -0.39 is 11.9 Å². The number of rotatable bonds is 4. The fourth-order valence-electron chi connectivity index (χ4n) is 1.90. The quantitative estimate of drug-likeness (QED) is 0.713. The highest BCUT2D eigenvalue weighted by molar-refractivity contribution is 5.93. The number of nitrogens with one attached hydrogen (secondary N) is 1. The normalized spacial score (nSPS) is 12.6. The van der Waals surface area contributed by atoms with Gasteiger partial charge in [-0.1, -0.05) is 13.8 Å². The summed E-state index contributed by atoms with van der Waals surface area (Å²) in [5.41, 5.74) is 12.5. The van der Waals surface area contributed by atoms with Crippen LogP contribution in [0.25, 0.3) is 10.9 Å². The van der Waals surface area contributed by atoms with Gasteiger partial charge in [-0.25, -0.2) is 9.97 Å². The molecule has 1 unspecified atom stereocenters. The Morgan fingerprint density at radius 2 is 2.05 bits per heavy atom. The molecule has 1 aromatic carbocycles. The Hall–Kier alpha value is -2.37. The maximum Gasteiger partial charge on any atom is 0.240 e. The first-order valence-electron chi connectivity index (χ1n) is 6.05. The summed E-state index contributed by atoms with van der Waals surface area (Å²) in [7, 11) is 0. The summed E-state index contributed by atoms with van der Waals surface area (Å²) >= 11 is 0. The van der Waals surface area contributed by atoms with Gasteiger partial charge >= 0.3 is 0 Å². The predicted molar refractivity (Wildman–Crippen MR) is 75.4 cm³/mol. The summed E-state index contributed by atoms with van der Waals surface area (Å²) in [6.45, 7) is 3.84. The maximum atomic E-state index is 11.4. The first-order valence-corrected chi connectivity index (χ1v) is 6.05. The summed E-state index contributed by atoms with van der Waals surface area (Å²) in [6, 6.07) is 4.88. The average Bonchev–Trinajstić information content (AvgIpc) is 2.34. The number of nitrogens with two attached hydrogens (primary N) is 2. The molecule has 6 heteroatoms. The third kappa shape index (κ3) is 2.73. The zero-order chi connectivity index (χ0) is 14.0. The smallest absolute Gasteiger partial charge is 0.240 e. The molecule has 0 bridgehead atoms. The minimum atomic E-state index is -0.476. The SMILES string of the molecule is CC(C)C(Nc1ncnc2cc(N)ccc12)C(N)=O. The zero-order valence-corrected chi connectivity index (χ0v) is 10.9. The number of hydrogen-bond donors (Lipinski definition) is 3. The molecule has 0 saturated carbocycles. The molecule has 19 heavy (non-hydrogen) atoms. The minimum Gasteiger partial charge on any atom is -0.399 e. The van der Waals surface area contributed by atoms with Crippen molar-refractivity contribution in [2.75, 3.05) is 11.1 Å². The predicted octanol–water partition coefficient (Wildman–Crippen LogP) is 1.13. The Balaban J connectivity index is 2.42. The molecule has 2 rings (SSSR count). The second kappa shape index (κ2) is 5.09. The van der Waals surface area contributed by atoms with Crippen LogP contribution in [0.3, 0.4) is 0 Å². The highest BCUT2D eigenvalue weighted by atomic mass is 16.1. The largest absolute Gasteiger partial charge is 0.399 e. The molecule has 0 fully saturated rings. The first kappa shape index (κ1) is 13.1. The number of nitrogens with zero attached hydrogens (tertiary/aromatic N) is 2. The van der Waals surface area contributed by atoms with Crippen molar-refractivity contribution >= 4 is 28.3 Å². The summed E-state index contributed by atoms with van der Waals surface area (Å²) in [4.78, 5) is 19.8. The molecule has 1 atom stereocenters. The molecule has 0 aliphatic heterocycles. The van der Waals surface area contributed by atoms with Gasteiger partial charge in [-0.15, -0.1) is 0 Å². The molecule has 0 radical (unpaired) electrons. The fourth-order valence-corrected chi connectivity index (χ4v) is 1.90. The van der Waals surface area contributed by atoms with Gasteiger partial charge in [0.1, 0.15) is 18.2 Å². The van der Waals surface area contributed by atoms with Gasteiger partial charge in [0.05, 0.1) is 5.52 Å². The van der Waals surface area contributed by atoms with Crippen LogP contribution in [0.5, 0.6) is 0 Å². The lowest BCUT2D eigenvalue weighted by molar-refractivity contribution is -0.119. The van der Waals surface area contributed by atoms with E-state index in [0.717, 1.165) is 10.9 Å². The van der Waals surface area contributed by atoms with Gasteiger partial charge in [-0.05, 0) is 24.1 Å². The molecule has 1 heterocycles. The highest BCUT2D eigenvalue weighted by Crippen LogP contribution is 2.22. The van der Waals surface area contributed by atoms with E-state index in [1.54, 1.807) is 12.1 Å². The van der Waals surface area contributed by atoms with Gasteiger partial charge in [0.2, 0.25) is 5.91 Å². The molecule has 100 valence electrons. The molecule has 6 nitrogen and oxygen atoms in total. The summed E-state index contributed by atoms with van der Waals surface area (Å²) in [5, 5.41) is 3.88. The van der Waals surface area contributed by atoms with Crippen molar-refractivity contribution in [3.8, 4) is 0 Å². The molecular formula is C13H17N5O. The molecule has 1 amide bonds. The van der Waals surface area contributed by atoms with Crippen LogP contribution in [0.4, 0.5) is 11.5 Å². The summed E-state index contributed by atoms with van der Waals surface area (Å²) < 4.78 is 0. The number of carbonyl (C=O) groups excluding carboxylic acids is 1. The van der Waals surface area contributed by atoms with Crippen LogP contribution in [-0.4, -0.2) is 21.9 Å². The Bertz CT molecular complexity index is 611. The van der Waals surface area contributed by atoms with Crippen LogP contribution in [0.15, 0.2) is 24.5 Å². The second-order valence-electron chi connectivity index (χ2n) is 4.77. The lowest BCUT2D eigenvalue weighted by Crippen LogP contribution is -2.39.